The van der Waals surface area contributed by atoms with E-state index in [9.17, 15) is 14.4 Å². The number of amides is 3. The highest BCUT2D eigenvalue weighted by molar-refractivity contribution is 6.33. The van der Waals surface area contributed by atoms with Crippen LogP contribution in [0.2, 0.25) is 10.0 Å². The molecular weight excluding hydrogens is 377 g/mol. The summed E-state index contributed by atoms with van der Waals surface area (Å²) in [4.78, 5) is 38.1. The van der Waals surface area contributed by atoms with E-state index in [0.717, 1.165) is 0 Å². The number of hydrazine groups is 1. The smallest absolute Gasteiger partial charge is 0.271 e. The largest absolute Gasteiger partial charge is 0.312 e. The summed E-state index contributed by atoms with van der Waals surface area (Å²) in [6, 6.07) is 13.4. The minimum Gasteiger partial charge on any atom is -0.312 e. The van der Waals surface area contributed by atoms with Gasteiger partial charge in [-0.25, -0.2) is 0 Å². The van der Waals surface area contributed by atoms with E-state index in [-0.39, 0.29) is 29.5 Å². The first-order chi connectivity index (χ1) is 12.5. The van der Waals surface area contributed by atoms with E-state index < -0.39 is 17.7 Å². The van der Waals surface area contributed by atoms with Crippen LogP contribution in [0.15, 0.2) is 48.5 Å². The normalized spacial score (nSPS) is 16.5. The molecule has 0 aromatic heterocycles. The molecule has 3 rings (SSSR count). The fourth-order valence-electron chi connectivity index (χ4n) is 2.71. The highest BCUT2D eigenvalue weighted by atomic mass is 35.5. The molecule has 0 aliphatic carbocycles. The highest BCUT2D eigenvalue weighted by Gasteiger charge is 2.35. The van der Waals surface area contributed by atoms with Gasteiger partial charge in [0, 0.05) is 23.7 Å². The minimum absolute atomic E-state index is 0.0559. The van der Waals surface area contributed by atoms with Crippen LogP contribution in [0.4, 0.5) is 5.69 Å². The molecule has 1 aliphatic rings. The number of nitrogens with one attached hydrogen (secondary N) is 2. The van der Waals surface area contributed by atoms with Crippen molar-refractivity contribution in [1.29, 1.82) is 0 Å². The van der Waals surface area contributed by atoms with Crippen LogP contribution in [0, 0.1) is 5.92 Å². The fourth-order valence-corrected chi connectivity index (χ4v) is 3.12. The molecule has 26 heavy (non-hydrogen) atoms. The van der Waals surface area contributed by atoms with E-state index in [0.29, 0.717) is 10.7 Å². The van der Waals surface area contributed by atoms with E-state index in [4.69, 9.17) is 23.2 Å². The molecule has 1 saturated heterocycles. The van der Waals surface area contributed by atoms with Crippen LogP contribution in [-0.4, -0.2) is 24.3 Å². The van der Waals surface area contributed by atoms with Gasteiger partial charge in [0.15, 0.2) is 0 Å². The van der Waals surface area contributed by atoms with Gasteiger partial charge in [-0.1, -0.05) is 41.4 Å². The van der Waals surface area contributed by atoms with Crippen molar-refractivity contribution in [3.8, 4) is 0 Å². The summed E-state index contributed by atoms with van der Waals surface area (Å²) in [6.07, 6.45) is 0.0559. The summed E-state index contributed by atoms with van der Waals surface area (Å²) in [7, 11) is 0. The van der Waals surface area contributed by atoms with Crippen LogP contribution < -0.4 is 15.8 Å². The van der Waals surface area contributed by atoms with Gasteiger partial charge in [0.2, 0.25) is 11.8 Å². The Morgan fingerprint density at radius 1 is 1.04 bits per heavy atom. The van der Waals surface area contributed by atoms with Crippen LogP contribution in [0.3, 0.4) is 0 Å². The van der Waals surface area contributed by atoms with Crippen LogP contribution in [0.25, 0.3) is 0 Å². The molecule has 0 radical (unpaired) electrons. The van der Waals surface area contributed by atoms with Crippen LogP contribution in [0.5, 0.6) is 0 Å². The van der Waals surface area contributed by atoms with Gasteiger partial charge in [-0.05, 0) is 30.3 Å². The number of benzene rings is 2. The molecule has 0 saturated carbocycles. The predicted molar refractivity (Wildman–Crippen MR) is 99.0 cm³/mol. The number of hydrogen-bond donors (Lipinski definition) is 2. The standard InChI is InChI=1S/C18H15Cl2N3O3/c19-12-4-3-5-13(9-12)23-10-11(8-16(23)24)17(25)21-22-18(26)14-6-1-2-7-15(14)20/h1-7,9,11H,8,10H2,(H,21,25)(H,22,26). The summed E-state index contributed by atoms with van der Waals surface area (Å²) in [6.45, 7) is 0.215. The first-order valence-corrected chi connectivity index (χ1v) is 8.62. The number of anilines is 1. The van der Waals surface area contributed by atoms with Crippen LogP contribution in [-0.2, 0) is 9.59 Å². The molecule has 2 aromatic rings. The van der Waals surface area contributed by atoms with Crippen LogP contribution >= 0.6 is 23.2 Å². The molecule has 0 bridgehead atoms. The highest BCUT2D eigenvalue weighted by Crippen LogP contribution is 2.27. The first-order valence-electron chi connectivity index (χ1n) is 7.86. The Hall–Kier alpha value is -2.57. The molecule has 2 N–H and O–H groups in total. The molecule has 0 spiro atoms. The lowest BCUT2D eigenvalue weighted by Gasteiger charge is -2.17. The van der Waals surface area contributed by atoms with E-state index in [1.807, 2.05) is 0 Å². The van der Waals surface area contributed by atoms with Crippen molar-refractivity contribution in [2.24, 2.45) is 5.92 Å². The summed E-state index contributed by atoms with van der Waals surface area (Å²) in [5.74, 6) is -1.72. The van der Waals surface area contributed by atoms with E-state index >= 15 is 0 Å². The third-order valence-electron chi connectivity index (χ3n) is 4.03. The molecule has 2 aromatic carbocycles. The van der Waals surface area contributed by atoms with Gasteiger partial charge in [-0.15, -0.1) is 0 Å². The lowest BCUT2D eigenvalue weighted by molar-refractivity contribution is -0.126. The molecule has 1 unspecified atom stereocenters. The average Bonchev–Trinajstić information content (AvgIpc) is 3.01. The van der Waals surface area contributed by atoms with E-state index in [2.05, 4.69) is 10.9 Å². The molecule has 1 aliphatic heterocycles. The second kappa shape index (κ2) is 7.76. The molecule has 6 nitrogen and oxygen atoms in total. The Bertz CT molecular complexity index is 872. The fraction of sp³-hybridized carbons (Fsp3) is 0.167. The van der Waals surface area contributed by atoms with Crippen LogP contribution in [0.1, 0.15) is 16.8 Å². The molecular formula is C18H15Cl2N3O3. The third-order valence-corrected chi connectivity index (χ3v) is 4.60. The number of halogens is 2. The minimum atomic E-state index is -0.576. The lowest BCUT2D eigenvalue weighted by atomic mass is 10.1. The number of carbonyl (C=O) groups is 3. The maximum Gasteiger partial charge on any atom is 0.271 e. The summed E-state index contributed by atoms with van der Waals surface area (Å²) in [5.41, 5.74) is 5.56. The van der Waals surface area contributed by atoms with Crippen molar-refractivity contribution in [3.63, 3.8) is 0 Å². The maximum atomic E-state index is 12.3. The number of carbonyl (C=O) groups excluding carboxylic acids is 3. The Balaban J connectivity index is 1.60. The van der Waals surface area contributed by atoms with Crippen molar-refractivity contribution >= 4 is 46.6 Å². The Kier molecular flexibility index (Phi) is 5.44. The van der Waals surface area contributed by atoms with E-state index in [1.165, 1.54) is 4.90 Å². The van der Waals surface area contributed by atoms with Gasteiger partial charge < -0.3 is 4.90 Å². The summed E-state index contributed by atoms with van der Waals surface area (Å²) >= 11 is 11.9. The Labute approximate surface area is 160 Å². The lowest BCUT2D eigenvalue weighted by Crippen LogP contribution is -2.45. The summed E-state index contributed by atoms with van der Waals surface area (Å²) < 4.78 is 0. The molecule has 1 fully saturated rings. The number of hydrogen-bond acceptors (Lipinski definition) is 3. The molecule has 3 amide bonds. The van der Waals surface area contributed by atoms with Crippen molar-refractivity contribution in [2.45, 2.75) is 6.42 Å². The number of rotatable bonds is 3. The maximum absolute atomic E-state index is 12.3. The summed E-state index contributed by atoms with van der Waals surface area (Å²) in [5, 5.41) is 0.789. The molecule has 134 valence electrons. The predicted octanol–water partition coefficient (Wildman–Crippen LogP) is 2.81. The van der Waals surface area contributed by atoms with Crippen molar-refractivity contribution in [3.05, 3.63) is 64.1 Å². The van der Waals surface area contributed by atoms with Gasteiger partial charge in [0.1, 0.15) is 0 Å². The Morgan fingerprint density at radius 3 is 2.54 bits per heavy atom. The second-order valence-corrected chi connectivity index (χ2v) is 6.65. The quantitative estimate of drug-likeness (QED) is 0.789. The zero-order valence-electron chi connectivity index (χ0n) is 13.5. The molecule has 1 atom stereocenters. The monoisotopic (exact) mass is 391 g/mol. The van der Waals surface area contributed by atoms with Gasteiger partial charge in [-0.3, -0.25) is 25.2 Å². The van der Waals surface area contributed by atoms with Gasteiger partial charge in [0.05, 0.1) is 16.5 Å². The van der Waals surface area contributed by atoms with Gasteiger partial charge in [-0.2, -0.15) is 0 Å². The zero-order valence-corrected chi connectivity index (χ0v) is 15.1. The molecule has 8 heteroatoms. The van der Waals surface area contributed by atoms with Gasteiger partial charge >= 0.3 is 0 Å². The SMILES string of the molecule is O=C(NNC(=O)C1CC(=O)N(c2cccc(Cl)c2)C1)c1ccccc1Cl. The topological polar surface area (TPSA) is 78.5 Å². The number of nitrogens with zero attached hydrogens (tertiary/aromatic N) is 1. The van der Waals surface area contributed by atoms with Crippen molar-refractivity contribution in [2.75, 3.05) is 11.4 Å². The average molecular weight is 392 g/mol. The van der Waals surface area contributed by atoms with Gasteiger partial charge in [0.25, 0.3) is 5.91 Å². The zero-order chi connectivity index (χ0) is 18.7. The van der Waals surface area contributed by atoms with Crippen molar-refractivity contribution in [1.82, 2.24) is 10.9 Å². The second-order valence-electron chi connectivity index (χ2n) is 5.81. The van der Waals surface area contributed by atoms with E-state index in [1.54, 1.807) is 48.5 Å². The molecule has 1 heterocycles. The Morgan fingerprint density at radius 2 is 1.81 bits per heavy atom. The van der Waals surface area contributed by atoms with Crippen molar-refractivity contribution < 1.29 is 14.4 Å². The third kappa shape index (κ3) is 3.98. The first kappa shape index (κ1) is 18.2.